The van der Waals surface area contributed by atoms with E-state index < -0.39 is 10.8 Å². The minimum atomic E-state index is -0.585. The highest BCUT2D eigenvalue weighted by atomic mass is 32.2. The van der Waals surface area contributed by atoms with Gasteiger partial charge in [-0.05, 0) is 114 Å². The lowest BCUT2D eigenvalue weighted by atomic mass is 9.51. The van der Waals surface area contributed by atoms with Gasteiger partial charge >= 0.3 is 0 Å². The molecule has 356 valence electrons. The first kappa shape index (κ1) is 43.2. The van der Waals surface area contributed by atoms with Crippen molar-refractivity contribution >= 4 is 45.2 Å². The molecule has 4 heteroatoms. The number of nitrogens with zero attached hydrogens (tertiary/aromatic N) is 1. The standard InChI is InChI=1S/C72H46N2OS/c1-2-19-46(20-3-1)63-44-64(47-41-39-45(40-42-47)51-26-17-27-53-52-23-5-13-36-65(52)75-69(51)53)74-70(73-63)49-22-16-21-48(43-49)50-25-18-35-62-68(50)54-24-4-6-28-55(54)71(62)56-29-7-9-31-58(56)72(59-32-10-8-30-57(59)71)60-33-11-14-37-66(60)76-67-38-15-12-34-61(67)72/h1-44,64H,(H,73,74). The van der Waals surface area contributed by atoms with Crippen LogP contribution in [0.5, 0.6) is 0 Å². The molecule has 76 heavy (non-hydrogen) atoms. The van der Waals surface area contributed by atoms with Crippen molar-refractivity contribution in [2.24, 2.45) is 4.99 Å². The predicted octanol–water partition coefficient (Wildman–Crippen LogP) is 17.6. The predicted molar refractivity (Wildman–Crippen MR) is 311 cm³/mol. The van der Waals surface area contributed by atoms with Gasteiger partial charge in [0.1, 0.15) is 17.0 Å². The van der Waals surface area contributed by atoms with Crippen molar-refractivity contribution in [3.05, 3.63) is 328 Å². The van der Waals surface area contributed by atoms with Crippen LogP contribution >= 0.6 is 11.8 Å². The Hall–Kier alpha value is -9.22. The van der Waals surface area contributed by atoms with Crippen LogP contribution < -0.4 is 5.32 Å². The van der Waals surface area contributed by atoms with Gasteiger partial charge in [0, 0.05) is 31.7 Å². The maximum atomic E-state index is 6.46. The molecule has 4 aliphatic rings. The zero-order chi connectivity index (χ0) is 50.0. The van der Waals surface area contributed by atoms with E-state index in [4.69, 9.17) is 9.41 Å². The Morgan fingerprint density at radius 1 is 0.382 bits per heavy atom. The maximum Gasteiger partial charge on any atom is 0.143 e. The van der Waals surface area contributed by atoms with Gasteiger partial charge in [-0.15, -0.1) is 0 Å². The summed E-state index contributed by atoms with van der Waals surface area (Å²) in [4.78, 5) is 8.01. The van der Waals surface area contributed by atoms with Crippen molar-refractivity contribution in [3.63, 3.8) is 0 Å². The summed E-state index contributed by atoms with van der Waals surface area (Å²) in [5, 5.41) is 6.16. The smallest absolute Gasteiger partial charge is 0.143 e. The van der Waals surface area contributed by atoms with Gasteiger partial charge in [0.25, 0.3) is 0 Å². The summed E-state index contributed by atoms with van der Waals surface area (Å²) in [5.74, 6) is 0.834. The fourth-order valence-corrected chi connectivity index (χ4v) is 14.8. The average Bonchev–Trinajstić information content (AvgIpc) is 4.04. The molecule has 1 N–H and O–H groups in total. The summed E-state index contributed by atoms with van der Waals surface area (Å²) < 4.78 is 6.46. The summed E-state index contributed by atoms with van der Waals surface area (Å²) in [6.45, 7) is 0. The first-order valence-electron chi connectivity index (χ1n) is 26.2. The van der Waals surface area contributed by atoms with Crippen LogP contribution in [0.15, 0.2) is 286 Å². The van der Waals surface area contributed by atoms with Crippen LogP contribution in [-0.4, -0.2) is 5.84 Å². The van der Waals surface area contributed by atoms with E-state index in [9.17, 15) is 0 Å². The highest BCUT2D eigenvalue weighted by molar-refractivity contribution is 7.99. The Balaban J connectivity index is 0.832. The fourth-order valence-electron chi connectivity index (χ4n) is 13.6. The molecule has 0 saturated carbocycles. The van der Waals surface area contributed by atoms with E-state index in [0.717, 1.165) is 66.9 Å². The summed E-state index contributed by atoms with van der Waals surface area (Å²) >= 11 is 1.89. The molecule has 1 unspecified atom stereocenters. The van der Waals surface area contributed by atoms with Crippen molar-refractivity contribution in [1.82, 2.24) is 5.32 Å². The Morgan fingerprint density at radius 3 is 1.62 bits per heavy atom. The van der Waals surface area contributed by atoms with Crippen molar-refractivity contribution in [2.75, 3.05) is 0 Å². The molecule has 2 aliphatic carbocycles. The Kier molecular flexibility index (Phi) is 9.46. The van der Waals surface area contributed by atoms with Gasteiger partial charge in [-0.1, -0.05) is 248 Å². The highest BCUT2D eigenvalue weighted by Gasteiger charge is 2.58. The lowest BCUT2D eigenvalue weighted by Crippen LogP contribution is -2.45. The third-order valence-corrected chi connectivity index (χ3v) is 17.8. The molecule has 11 aromatic carbocycles. The molecular formula is C72H46N2OS. The largest absolute Gasteiger partial charge is 0.455 e. The molecule has 1 atom stereocenters. The van der Waals surface area contributed by atoms with Crippen LogP contribution in [0, 0.1) is 0 Å². The Bertz CT molecular complexity index is 4330. The average molecular weight is 987 g/mol. The van der Waals surface area contributed by atoms with Crippen LogP contribution in [0.2, 0.25) is 0 Å². The molecule has 3 nitrogen and oxygen atoms in total. The van der Waals surface area contributed by atoms with Gasteiger partial charge in [0.05, 0.1) is 22.6 Å². The SMILES string of the molecule is C1=C(c2ccccc2)N=C(c2cccc(-c3cccc4c3-c3ccccc3C43c4ccccc4C4(c5ccccc5Sc5ccccc54)c4ccccc43)c2)NC1c1ccc(-c2cccc3c2oc2ccccc23)cc1. The number of fused-ring (bicyclic) bond motifs is 18. The van der Waals surface area contributed by atoms with Gasteiger partial charge < -0.3 is 9.73 Å². The Labute approximate surface area is 445 Å². The second-order valence-corrected chi connectivity index (χ2v) is 21.5. The van der Waals surface area contributed by atoms with Gasteiger partial charge in [0.15, 0.2) is 0 Å². The molecule has 2 spiro atoms. The number of para-hydroxylation sites is 2. The highest BCUT2D eigenvalue weighted by Crippen LogP contribution is 2.67. The van der Waals surface area contributed by atoms with Gasteiger partial charge in [-0.2, -0.15) is 0 Å². The van der Waals surface area contributed by atoms with E-state index in [1.807, 2.05) is 23.9 Å². The number of benzene rings is 11. The van der Waals surface area contributed by atoms with Crippen LogP contribution in [0.3, 0.4) is 0 Å². The first-order chi connectivity index (χ1) is 37.7. The van der Waals surface area contributed by atoms with E-state index in [-0.39, 0.29) is 6.04 Å². The monoisotopic (exact) mass is 986 g/mol. The molecule has 0 amide bonds. The van der Waals surface area contributed by atoms with Crippen LogP contribution in [-0.2, 0) is 10.8 Å². The van der Waals surface area contributed by atoms with Crippen LogP contribution in [0.1, 0.15) is 67.2 Å². The van der Waals surface area contributed by atoms with Crippen molar-refractivity contribution < 1.29 is 4.42 Å². The minimum Gasteiger partial charge on any atom is -0.455 e. The zero-order valence-corrected chi connectivity index (χ0v) is 42.1. The topological polar surface area (TPSA) is 37.5 Å². The van der Waals surface area contributed by atoms with E-state index in [2.05, 4.69) is 260 Å². The van der Waals surface area contributed by atoms with Gasteiger partial charge in [-0.25, -0.2) is 4.99 Å². The summed E-state index contributed by atoms with van der Waals surface area (Å²) in [6, 6.07) is 96.1. The van der Waals surface area contributed by atoms with Crippen molar-refractivity contribution in [1.29, 1.82) is 0 Å². The van der Waals surface area contributed by atoms with Crippen LogP contribution in [0.25, 0.3) is 61.0 Å². The number of hydrogen-bond donors (Lipinski definition) is 1. The lowest BCUT2D eigenvalue weighted by Gasteiger charge is -2.51. The molecule has 0 bridgehead atoms. The molecule has 2 aliphatic heterocycles. The number of amidine groups is 1. The second kappa shape index (κ2) is 16.6. The quantitative estimate of drug-likeness (QED) is 0.187. The van der Waals surface area contributed by atoms with E-state index in [1.165, 1.54) is 71.0 Å². The van der Waals surface area contributed by atoms with Gasteiger partial charge in [-0.3, -0.25) is 0 Å². The minimum absolute atomic E-state index is 0.133. The van der Waals surface area contributed by atoms with E-state index in [0.29, 0.717) is 0 Å². The summed E-state index contributed by atoms with van der Waals surface area (Å²) in [7, 11) is 0. The number of nitrogens with one attached hydrogen (secondary N) is 1. The lowest BCUT2D eigenvalue weighted by molar-refractivity contribution is 0.605. The van der Waals surface area contributed by atoms with Crippen LogP contribution in [0.4, 0.5) is 0 Å². The second-order valence-electron chi connectivity index (χ2n) is 20.4. The molecule has 1 aromatic heterocycles. The fraction of sp³-hybridized carbons (Fsp3) is 0.0417. The van der Waals surface area contributed by atoms with Crippen molar-refractivity contribution in [2.45, 2.75) is 26.7 Å². The third kappa shape index (κ3) is 6.05. The molecule has 0 saturated heterocycles. The molecule has 3 heterocycles. The number of rotatable bonds is 5. The van der Waals surface area contributed by atoms with E-state index >= 15 is 0 Å². The third-order valence-electron chi connectivity index (χ3n) is 16.7. The summed E-state index contributed by atoms with van der Waals surface area (Å²) in [6.07, 6.45) is 2.26. The first-order valence-corrected chi connectivity index (χ1v) is 27.0. The summed E-state index contributed by atoms with van der Waals surface area (Å²) in [5.41, 5.74) is 22.6. The molecule has 12 aromatic rings. The maximum absolute atomic E-state index is 6.46. The van der Waals surface area contributed by atoms with E-state index in [1.54, 1.807) is 0 Å². The number of aliphatic imine (C=N–C) groups is 1. The normalized spacial score (nSPS) is 15.9. The molecule has 0 radical (unpaired) electrons. The van der Waals surface area contributed by atoms with Gasteiger partial charge in [0.2, 0.25) is 0 Å². The molecule has 16 rings (SSSR count). The number of furan rings is 1. The molecular weight excluding hydrogens is 941 g/mol. The molecule has 0 fully saturated rings. The number of hydrogen-bond acceptors (Lipinski definition) is 4. The Morgan fingerprint density at radius 2 is 0.895 bits per heavy atom. The zero-order valence-electron chi connectivity index (χ0n) is 41.2. The van der Waals surface area contributed by atoms with Crippen molar-refractivity contribution in [3.8, 4) is 33.4 Å².